The molecule has 1 fully saturated rings. The Labute approximate surface area is 155 Å². The molecule has 142 valence electrons. The Morgan fingerprint density at radius 2 is 1.81 bits per heavy atom. The number of carbonyl (C=O) groups is 2. The topological polar surface area (TPSA) is 64.7 Å². The van der Waals surface area contributed by atoms with E-state index in [9.17, 15) is 9.59 Å². The smallest absolute Gasteiger partial charge is 0.309 e. The van der Waals surface area contributed by atoms with Crippen LogP contribution in [0.25, 0.3) is 0 Å². The average Bonchev–Trinajstić information content (AvgIpc) is 3.03. The fraction of sp³-hybridized carbons (Fsp3) is 0.600. The van der Waals surface area contributed by atoms with Gasteiger partial charge in [0.25, 0.3) is 0 Å². The Kier molecular flexibility index (Phi) is 6.14. The number of amides is 2. The molecule has 0 spiro atoms. The summed E-state index contributed by atoms with van der Waals surface area (Å²) < 4.78 is 0. The van der Waals surface area contributed by atoms with Gasteiger partial charge >= 0.3 is 11.8 Å². The summed E-state index contributed by atoms with van der Waals surface area (Å²) in [5.74, 6) is -1.10. The summed E-state index contributed by atoms with van der Waals surface area (Å²) in [5, 5.41) is 5.39. The zero-order chi connectivity index (χ0) is 18.5. The van der Waals surface area contributed by atoms with E-state index < -0.39 is 11.8 Å². The van der Waals surface area contributed by atoms with Gasteiger partial charge in [-0.15, -0.1) is 0 Å². The summed E-state index contributed by atoms with van der Waals surface area (Å²) in [6.07, 6.45) is 4.71. The lowest BCUT2D eigenvalue weighted by molar-refractivity contribution is -0.139. The minimum absolute atomic E-state index is 0.116. The first kappa shape index (κ1) is 18.7. The van der Waals surface area contributed by atoms with Gasteiger partial charge in [0.1, 0.15) is 0 Å². The molecule has 0 bridgehead atoms. The third-order valence-electron chi connectivity index (χ3n) is 5.45. The Bertz CT molecular complexity index is 655. The molecule has 1 saturated heterocycles. The Morgan fingerprint density at radius 1 is 1.08 bits per heavy atom. The lowest BCUT2D eigenvalue weighted by Crippen LogP contribution is -2.45. The van der Waals surface area contributed by atoms with Gasteiger partial charge in [-0.25, -0.2) is 0 Å². The van der Waals surface area contributed by atoms with Crippen molar-refractivity contribution in [3.63, 3.8) is 0 Å². The van der Waals surface area contributed by atoms with E-state index in [0.29, 0.717) is 13.1 Å². The number of nitrogens with zero attached hydrogens (tertiary/aromatic N) is 2. The van der Waals surface area contributed by atoms with Crippen molar-refractivity contribution in [2.45, 2.75) is 38.6 Å². The van der Waals surface area contributed by atoms with Gasteiger partial charge in [0.2, 0.25) is 0 Å². The Balaban J connectivity index is 1.75. The van der Waals surface area contributed by atoms with Crippen molar-refractivity contribution in [1.82, 2.24) is 15.5 Å². The number of likely N-dealkylation sites (N-methyl/N-ethyl adjacent to an activating group) is 2. The number of rotatable bonds is 5. The van der Waals surface area contributed by atoms with Crippen LogP contribution in [-0.2, 0) is 16.0 Å². The molecule has 2 N–H and O–H groups in total. The van der Waals surface area contributed by atoms with Crippen LogP contribution in [0.3, 0.4) is 0 Å². The van der Waals surface area contributed by atoms with Crippen molar-refractivity contribution in [1.29, 1.82) is 0 Å². The van der Waals surface area contributed by atoms with Gasteiger partial charge in [-0.3, -0.25) is 14.5 Å². The zero-order valence-corrected chi connectivity index (χ0v) is 15.9. The standard InChI is InChI=1S/C20H30N4O2/c1-3-21-19(25)20(26)22-14-18(24-10-5-4-6-11-24)15-7-8-17-16(13-15)9-12-23(17)2/h7-8,13,18H,3-6,9-12,14H2,1-2H3,(H,21,25)(H,22,26)/t18-/m1/s1. The van der Waals surface area contributed by atoms with Crippen LogP contribution in [0.2, 0.25) is 0 Å². The van der Waals surface area contributed by atoms with Crippen LogP contribution in [0.1, 0.15) is 43.4 Å². The van der Waals surface area contributed by atoms with E-state index in [-0.39, 0.29) is 6.04 Å². The van der Waals surface area contributed by atoms with E-state index in [0.717, 1.165) is 26.1 Å². The number of hydrogen-bond donors (Lipinski definition) is 2. The number of fused-ring (bicyclic) bond motifs is 1. The number of likely N-dealkylation sites (tertiary alicyclic amines) is 1. The molecular formula is C20H30N4O2. The lowest BCUT2D eigenvalue weighted by Gasteiger charge is -2.35. The Morgan fingerprint density at radius 3 is 2.54 bits per heavy atom. The van der Waals surface area contributed by atoms with Crippen molar-refractivity contribution in [3.8, 4) is 0 Å². The highest BCUT2D eigenvalue weighted by Crippen LogP contribution is 2.32. The normalized spacial score (nSPS) is 18.3. The maximum atomic E-state index is 12.0. The molecule has 1 atom stereocenters. The summed E-state index contributed by atoms with van der Waals surface area (Å²) in [7, 11) is 2.13. The number of piperidine rings is 1. The maximum absolute atomic E-state index is 12.0. The number of hydrogen-bond acceptors (Lipinski definition) is 4. The second-order valence-electron chi connectivity index (χ2n) is 7.24. The molecular weight excluding hydrogens is 328 g/mol. The molecule has 2 amide bonds. The molecule has 6 heteroatoms. The highest BCUT2D eigenvalue weighted by atomic mass is 16.2. The number of nitrogens with one attached hydrogen (secondary N) is 2. The summed E-state index contributed by atoms with van der Waals surface area (Å²) >= 11 is 0. The summed E-state index contributed by atoms with van der Waals surface area (Å²) in [6, 6.07) is 6.78. The van der Waals surface area contributed by atoms with Crippen molar-refractivity contribution in [2.75, 3.05) is 44.7 Å². The Hall–Kier alpha value is -2.08. The predicted molar refractivity (Wildman–Crippen MR) is 103 cm³/mol. The molecule has 1 aromatic carbocycles. The molecule has 2 aliphatic heterocycles. The second-order valence-corrected chi connectivity index (χ2v) is 7.24. The average molecular weight is 358 g/mol. The van der Waals surface area contributed by atoms with Crippen LogP contribution >= 0.6 is 0 Å². The first-order valence-electron chi connectivity index (χ1n) is 9.74. The lowest BCUT2D eigenvalue weighted by atomic mass is 9.98. The van der Waals surface area contributed by atoms with Crippen LogP contribution in [0.15, 0.2) is 18.2 Å². The summed E-state index contributed by atoms with van der Waals surface area (Å²) in [4.78, 5) is 28.5. The van der Waals surface area contributed by atoms with Crippen LogP contribution < -0.4 is 15.5 Å². The van der Waals surface area contributed by atoms with Crippen LogP contribution in [0.4, 0.5) is 5.69 Å². The van der Waals surface area contributed by atoms with Gasteiger partial charge in [0.05, 0.1) is 6.04 Å². The van der Waals surface area contributed by atoms with Gasteiger partial charge in [-0.2, -0.15) is 0 Å². The third kappa shape index (κ3) is 4.18. The van der Waals surface area contributed by atoms with Crippen molar-refractivity contribution < 1.29 is 9.59 Å². The summed E-state index contributed by atoms with van der Waals surface area (Å²) in [5.41, 5.74) is 3.91. The fourth-order valence-electron chi connectivity index (χ4n) is 3.99. The van der Waals surface area contributed by atoms with E-state index in [1.165, 1.54) is 36.1 Å². The van der Waals surface area contributed by atoms with Gasteiger partial charge in [0.15, 0.2) is 0 Å². The van der Waals surface area contributed by atoms with Gasteiger partial charge in [-0.05, 0) is 56.5 Å². The first-order valence-corrected chi connectivity index (χ1v) is 9.74. The molecule has 6 nitrogen and oxygen atoms in total. The second kappa shape index (κ2) is 8.54. The minimum Gasteiger partial charge on any atom is -0.374 e. The summed E-state index contributed by atoms with van der Waals surface area (Å²) in [6.45, 7) is 5.87. The molecule has 0 unspecified atom stereocenters. The monoisotopic (exact) mass is 358 g/mol. The van der Waals surface area contributed by atoms with Gasteiger partial charge in [-0.1, -0.05) is 18.6 Å². The molecule has 2 aliphatic rings. The number of carbonyl (C=O) groups excluding carboxylic acids is 2. The number of benzene rings is 1. The van der Waals surface area contributed by atoms with Crippen LogP contribution in [-0.4, -0.2) is 56.5 Å². The first-order chi connectivity index (χ1) is 12.6. The van der Waals surface area contributed by atoms with E-state index in [4.69, 9.17) is 0 Å². The largest absolute Gasteiger partial charge is 0.374 e. The highest BCUT2D eigenvalue weighted by Gasteiger charge is 2.26. The zero-order valence-electron chi connectivity index (χ0n) is 15.9. The van der Waals surface area contributed by atoms with Crippen molar-refractivity contribution >= 4 is 17.5 Å². The van der Waals surface area contributed by atoms with Crippen LogP contribution in [0.5, 0.6) is 0 Å². The van der Waals surface area contributed by atoms with Gasteiger partial charge < -0.3 is 15.5 Å². The van der Waals surface area contributed by atoms with Gasteiger partial charge in [0, 0.05) is 32.4 Å². The minimum atomic E-state index is -0.555. The molecule has 0 radical (unpaired) electrons. The SMILES string of the molecule is CCNC(=O)C(=O)NC[C@H](c1ccc2c(c1)CCN2C)N1CCCCC1. The van der Waals surface area contributed by atoms with E-state index in [2.05, 4.69) is 45.7 Å². The molecule has 0 saturated carbocycles. The maximum Gasteiger partial charge on any atom is 0.309 e. The fourth-order valence-corrected chi connectivity index (χ4v) is 3.99. The molecule has 2 heterocycles. The molecule has 1 aromatic rings. The molecule has 26 heavy (non-hydrogen) atoms. The molecule has 3 rings (SSSR count). The van der Waals surface area contributed by atoms with E-state index in [1.807, 2.05) is 6.92 Å². The quantitative estimate of drug-likeness (QED) is 0.782. The third-order valence-corrected chi connectivity index (χ3v) is 5.45. The van der Waals surface area contributed by atoms with E-state index in [1.54, 1.807) is 0 Å². The molecule has 0 aliphatic carbocycles. The van der Waals surface area contributed by atoms with Crippen molar-refractivity contribution in [2.24, 2.45) is 0 Å². The molecule has 0 aromatic heterocycles. The highest BCUT2D eigenvalue weighted by molar-refractivity contribution is 6.35. The number of anilines is 1. The van der Waals surface area contributed by atoms with Crippen LogP contribution in [0, 0.1) is 0 Å². The van der Waals surface area contributed by atoms with E-state index >= 15 is 0 Å². The predicted octanol–water partition coefficient (Wildman–Crippen LogP) is 1.46. The van der Waals surface area contributed by atoms with Crippen molar-refractivity contribution in [3.05, 3.63) is 29.3 Å².